The fraction of sp³-hybridized carbons (Fsp3) is 0.762. The molecule has 0 rings (SSSR count). The van der Waals surface area contributed by atoms with E-state index < -0.39 is 51.8 Å². The van der Waals surface area contributed by atoms with Crippen molar-refractivity contribution < 1.29 is 47.8 Å². The van der Waals surface area contributed by atoms with E-state index in [1.54, 1.807) is 0 Å². The molecule has 0 saturated heterocycles. The molecule has 1 unspecified atom stereocenters. The molecule has 0 aliphatic heterocycles. The molecule has 0 aliphatic rings. The van der Waals surface area contributed by atoms with Gasteiger partial charge in [0.15, 0.2) is 6.10 Å². The lowest BCUT2D eigenvalue weighted by Crippen LogP contribution is -2.29. The van der Waals surface area contributed by atoms with Gasteiger partial charge in [0.25, 0.3) is 0 Å². The van der Waals surface area contributed by atoms with Crippen LogP contribution in [0.5, 0.6) is 0 Å². The van der Waals surface area contributed by atoms with Gasteiger partial charge in [-0.1, -0.05) is 152 Å². The number of rotatable bonds is 38. The minimum absolute atomic E-state index is 0.166. The zero-order valence-corrected chi connectivity index (χ0v) is 34.1. The molecular weight excluding hydrogens is 695 g/mol. The second-order valence-corrected chi connectivity index (χ2v) is 15.1. The summed E-state index contributed by atoms with van der Waals surface area (Å²) in [6.45, 7) is 2.28. The minimum Gasteiger partial charge on any atom is -0.462 e. The first-order valence-electron chi connectivity index (χ1n) is 20.6. The molecule has 0 aliphatic carbocycles. The van der Waals surface area contributed by atoms with E-state index in [9.17, 15) is 24.2 Å². The summed E-state index contributed by atoms with van der Waals surface area (Å²) in [6.07, 6.45) is 39.4. The second kappa shape index (κ2) is 38.2. The molecule has 0 amide bonds. The second-order valence-electron chi connectivity index (χ2n) is 13.7. The van der Waals surface area contributed by atoms with Crippen LogP contribution in [-0.2, 0) is 32.7 Å². The van der Waals surface area contributed by atoms with Crippen LogP contribution in [0.25, 0.3) is 0 Å². The molecule has 53 heavy (non-hydrogen) atoms. The maximum Gasteiger partial charge on any atom is 0.472 e. The predicted octanol–water partition coefficient (Wildman–Crippen LogP) is 10.6. The van der Waals surface area contributed by atoms with Gasteiger partial charge in [0.2, 0.25) is 0 Å². The Labute approximate surface area is 322 Å². The first kappa shape index (κ1) is 50.9. The van der Waals surface area contributed by atoms with Gasteiger partial charge in [0.1, 0.15) is 12.7 Å². The maximum absolute atomic E-state index is 12.6. The highest BCUT2D eigenvalue weighted by Crippen LogP contribution is 2.43. The SMILES string of the molecule is CCCCC/C=C\C/C=C\C/C=C\C/C=C\CCCC(=O)OC[C@H](COP(=O)(O)OC[C@@H](O)CO)OC(=O)CCCCCCCCCCCCCCC. The molecule has 0 bridgehead atoms. The standard InChI is InChI=1S/C42H75O10P/c1-3-5-7-9-11-13-15-17-18-19-20-22-23-25-27-29-31-33-41(45)49-37-40(38-51-53(47,48)50-36-39(44)35-43)52-42(46)34-32-30-28-26-24-21-16-14-12-10-8-6-4-2/h11,13,17-18,20,22,25,27,39-40,43-44H,3-10,12,14-16,19,21,23-24,26,28-38H2,1-2H3,(H,47,48)/b13-11-,18-17-,22-20-,27-25-/t39-,40+/m0/s1. The summed E-state index contributed by atoms with van der Waals surface area (Å²) in [5.41, 5.74) is 0. The Morgan fingerprint density at radius 1 is 0.566 bits per heavy atom. The zero-order valence-electron chi connectivity index (χ0n) is 33.2. The van der Waals surface area contributed by atoms with Gasteiger partial charge in [-0.3, -0.25) is 18.6 Å². The molecular formula is C42H75O10P. The Morgan fingerprint density at radius 2 is 1.00 bits per heavy atom. The number of carbonyl (C=O) groups is 2. The molecule has 0 aromatic rings. The average Bonchev–Trinajstić information content (AvgIpc) is 3.14. The third-order valence-electron chi connectivity index (χ3n) is 8.49. The zero-order chi connectivity index (χ0) is 39.1. The van der Waals surface area contributed by atoms with Crippen molar-refractivity contribution in [3.8, 4) is 0 Å². The van der Waals surface area contributed by atoms with Crippen LogP contribution < -0.4 is 0 Å². The number of ether oxygens (including phenoxy) is 2. The van der Waals surface area contributed by atoms with Crippen LogP contribution in [0.1, 0.15) is 168 Å². The highest BCUT2D eigenvalue weighted by Gasteiger charge is 2.27. The summed E-state index contributed by atoms with van der Waals surface area (Å²) in [4.78, 5) is 34.9. The summed E-state index contributed by atoms with van der Waals surface area (Å²) in [7, 11) is -4.62. The Kier molecular flexibility index (Phi) is 36.7. The molecule has 3 N–H and O–H groups in total. The molecule has 0 heterocycles. The average molecular weight is 771 g/mol. The van der Waals surface area contributed by atoms with Crippen molar-refractivity contribution in [2.45, 2.75) is 180 Å². The van der Waals surface area contributed by atoms with Crippen molar-refractivity contribution in [2.75, 3.05) is 26.4 Å². The highest BCUT2D eigenvalue weighted by atomic mass is 31.2. The largest absolute Gasteiger partial charge is 0.472 e. The first-order valence-corrected chi connectivity index (χ1v) is 22.1. The lowest BCUT2D eigenvalue weighted by atomic mass is 10.0. The topological polar surface area (TPSA) is 149 Å². The normalized spacial score (nSPS) is 14.4. The Balaban J connectivity index is 4.42. The van der Waals surface area contributed by atoms with E-state index in [1.807, 2.05) is 6.08 Å². The molecule has 0 radical (unpaired) electrons. The van der Waals surface area contributed by atoms with Gasteiger partial charge in [0, 0.05) is 12.8 Å². The summed E-state index contributed by atoms with van der Waals surface area (Å²) < 4.78 is 32.6. The molecule has 0 saturated carbocycles. The van der Waals surface area contributed by atoms with Crippen LogP contribution in [0.2, 0.25) is 0 Å². The molecule has 3 atom stereocenters. The van der Waals surface area contributed by atoms with Crippen LogP contribution in [0.15, 0.2) is 48.6 Å². The van der Waals surface area contributed by atoms with Crippen molar-refractivity contribution in [3.63, 3.8) is 0 Å². The van der Waals surface area contributed by atoms with Crippen molar-refractivity contribution in [3.05, 3.63) is 48.6 Å². The van der Waals surface area contributed by atoms with E-state index in [-0.39, 0.29) is 19.4 Å². The molecule has 0 spiro atoms. The lowest BCUT2D eigenvalue weighted by molar-refractivity contribution is -0.161. The highest BCUT2D eigenvalue weighted by molar-refractivity contribution is 7.47. The molecule has 10 nitrogen and oxygen atoms in total. The predicted molar refractivity (Wildman–Crippen MR) is 214 cm³/mol. The van der Waals surface area contributed by atoms with E-state index in [0.29, 0.717) is 19.3 Å². The number of hydrogen-bond donors (Lipinski definition) is 3. The van der Waals surface area contributed by atoms with E-state index in [0.717, 1.165) is 44.9 Å². The summed E-state index contributed by atoms with van der Waals surface area (Å²) in [5, 5.41) is 18.3. The van der Waals surface area contributed by atoms with Crippen molar-refractivity contribution >= 4 is 19.8 Å². The van der Waals surface area contributed by atoms with E-state index in [2.05, 4.69) is 60.9 Å². The quantitative estimate of drug-likeness (QED) is 0.0240. The smallest absolute Gasteiger partial charge is 0.462 e. The Hall–Kier alpha value is -2.07. The number of esters is 2. The third kappa shape index (κ3) is 38.0. The molecule has 0 aromatic carbocycles. The van der Waals surface area contributed by atoms with E-state index >= 15 is 0 Å². The fourth-order valence-corrected chi connectivity index (χ4v) is 6.07. The van der Waals surface area contributed by atoms with Gasteiger partial charge in [-0.15, -0.1) is 0 Å². The number of carbonyl (C=O) groups excluding carboxylic acids is 2. The number of hydrogen-bond acceptors (Lipinski definition) is 9. The number of aliphatic hydroxyl groups excluding tert-OH is 2. The maximum atomic E-state index is 12.6. The number of aliphatic hydroxyl groups is 2. The number of phosphoric ester groups is 1. The van der Waals surface area contributed by atoms with Crippen LogP contribution >= 0.6 is 7.82 Å². The Morgan fingerprint density at radius 3 is 1.53 bits per heavy atom. The van der Waals surface area contributed by atoms with Crippen LogP contribution in [0.3, 0.4) is 0 Å². The first-order chi connectivity index (χ1) is 25.7. The lowest BCUT2D eigenvalue weighted by Gasteiger charge is -2.20. The van der Waals surface area contributed by atoms with E-state index in [4.69, 9.17) is 19.1 Å². The van der Waals surface area contributed by atoms with Gasteiger partial charge in [-0.05, 0) is 51.4 Å². The number of unbranched alkanes of at least 4 members (excludes halogenated alkanes) is 16. The minimum atomic E-state index is -4.62. The monoisotopic (exact) mass is 771 g/mol. The fourth-order valence-electron chi connectivity index (χ4n) is 5.28. The van der Waals surface area contributed by atoms with Gasteiger partial charge in [-0.2, -0.15) is 0 Å². The van der Waals surface area contributed by atoms with Crippen molar-refractivity contribution in [2.24, 2.45) is 0 Å². The van der Waals surface area contributed by atoms with Gasteiger partial charge >= 0.3 is 19.8 Å². The summed E-state index contributed by atoms with van der Waals surface area (Å²) in [6, 6.07) is 0. The third-order valence-corrected chi connectivity index (χ3v) is 9.44. The summed E-state index contributed by atoms with van der Waals surface area (Å²) in [5.74, 6) is -0.990. The van der Waals surface area contributed by atoms with E-state index in [1.165, 1.54) is 77.0 Å². The Bertz CT molecular complexity index is 1030. The van der Waals surface area contributed by atoms with Gasteiger partial charge < -0.3 is 24.6 Å². The molecule has 11 heteroatoms. The van der Waals surface area contributed by atoms with Crippen molar-refractivity contribution in [1.82, 2.24) is 0 Å². The van der Waals surface area contributed by atoms with Gasteiger partial charge in [-0.25, -0.2) is 4.57 Å². The van der Waals surface area contributed by atoms with Crippen LogP contribution in [-0.4, -0.2) is 65.7 Å². The molecule has 308 valence electrons. The molecule has 0 fully saturated rings. The number of allylic oxidation sites excluding steroid dienone is 8. The van der Waals surface area contributed by atoms with Gasteiger partial charge in [0.05, 0.1) is 19.8 Å². The van der Waals surface area contributed by atoms with Crippen molar-refractivity contribution in [1.29, 1.82) is 0 Å². The van der Waals surface area contributed by atoms with Crippen LogP contribution in [0.4, 0.5) is 0 Å². The molecule has 0 aromatic heterocycles. The van der Waals surface area contributed by atoms with Crippen LogP contribution in [0, 0.1) is 0 Å². The summed E-state index contributed by atoms with van der Waals surface area (Å²) >= 11 is 0. The number of phosphoric acid groups is 1.